The van der Waals surface area contributed by atoms with Gasteiger partial charge in [-0.25, -0.2) is 13.6 Å². The number of carbonyl (C=O) groups excluding carboxylic acids is 1. The number of likely N-dealkylation sites (tertiary alicyclic amines) is 1. The highest BCUT2D eigenvalue weighted by Gasteiger charge is 2.53. The first-order chi connectivity index (χ1) is 14.4. The lowest BCUT2D eigenvalue weighted by atomic mass is 9.84. The second kappa shape index (κ2) is 8.61. The fourth-order valence-electron chi connectivity index (χ4n) is 5.02. The SMILES string of the molecule is CC(C)CCN1CCC2(CC1)C(=NC1CCCC1)NC(=O)N2c1cc(F)cc(F)c1. The number of anilines is 1. The summed E-state index contributed by atoms with van der Waals surface area (Å²) < 4.78 is 28.0. The number of benzene rings is 1. The Balaban J connectivity index is 1.65. The van der Waals surface area contributed by atoms with Crippen LogP contribution < -0.4 is 10.2 Å². The molecule has 2 amide bonds. The lowest BCUT2D eigenvalue weighted by molar-refractivity contribution is 0.183. The molecule has 1 spiro atoms. The molecule has 0 bridgehead atoms. The molecule has 1 aromatic rings. The van der Waals surface area contributed by atoms with E-state index in [9.17, 15) is 13.6 Å². The van der Waals surface area contributed by atoms with Gasteiger partial charge in [-0.2, -0.15) is 0 Å². The summed E-state index contributed by atoms with van der Waals surface area (Å²) in [6, 6.07) is 3.21. The van der Waals surface area contributed by atoms with Gasteiger partial charge in [0, 0.05) is 19.2 Å². The third-order valence-electron chi connectivity index (χ3n) is 6.75. The van der Waals surface area contributed by atoms with Crippen molar-refractivity contribution < 1.29 is 13.6 Å². The molecule has 3 fully saturated rings. The molecule has 7 heteroatoms. The van der Waals surface area contributed by atoms with Crippen LogP contribution in [0.5, 0.6) is 0 Å². The van der Waals surface area contributed by atoms with Gasteiger partial charge in [-0.3, -0.25) is 15.2 Å². The zero-order valence-corrected chi connectivity index (χ0v) is 18.0. The first-order valence-electron chi connectivity index (χ1n) is 11.3. The summed E-state index contributed by atoms with van der Waals surface area (Å²) in [5.74, 6) is -0.0264. The van der Waals surface area contributed by atoms with Crippen molar-refractivity contribution in [2.75, 3.05) is 24.5 Å². The lowest BCUT2D eigenvalue weighted by Crippen LogP contribution is -2.57. The summed E-state index contributed by atoms with van der Waals surface area (Å²) in [6.07, 6.45) is 6.91. The van der Waals surface area contributed by atoms with Crippen molar-refractivity contribution in [3.05, 3.63) is 29.8 Å². The van der Waals surface area contributed by atoms with Crippen LogP contribution in [0.2, 0.25) is 0 Å². The Kier molecular flexibility index (Phi) is 6.09. The quantitative estimate of drug-likeness (QED) is 0.752. The van der Waals surface area contributed by atoms with Gasteiger partial charge in [0.2, 0.25) is 0 Å². The lowest BCUT2D eigenvalue weighted by Gasteiger charge is -2.44. The van der Waals surface area contributed by atoms with E-state index in [1.54, 1.807) is 4.90 Å². The molecule has 0 unspecified atom stereocenters. The van der Waals surface area contributed by atoms with Gasteiger partial charge >= 0.3 is 6.03 Å². The van der Waals surface area contributed by atoms with E-state index >= 15 is 0 Å². The minimum atomic E-state index is -0.677. The van der Waals surface area contributed by atoms with Crippen LogP contribution in [-0.4, -0.2) is 48.0 Å². The van der Waals surface area contributed by atoms with Gasteiger partial charge in [0.15, 0.2) is 0 Å². The molecule has 2 saturated heterocycles. The number of hydrogen-bond acceptors (Lipinski definition) is 3. The van der Waals surface area contributed by atoms with E-state index < -0.39 is 17.2 Å². The average Bonchev–Trinajstić information content (AvgIpc) is 3.27. The van der Waals surface area contributed by atoms with E-state index in [2.05, 4.69) is 24.1 Å². The van der Waals surface area contributed by atoms with E-state index in [1.807, 2.05) is 0 Å². The van der Waals surface area contributed by atoms with Crippen molar-refractivity contribution in [3.63, 3.8) is 0 Å². The standard InChI is InChI=1S/C23H32F2N4O/c1-16(2)7-10-28-11-8-23(9-12-28)21(26-19-5-3-4-6-19)27-22(30)29(23)20-14-17(24)13-18(25)15-20/h13-16,19H,3-12H2,1-2H3,(H,26,27,30). The maximum absolute atomic E-state index is 14.0. The molecule has 2 heterocycles. The molecule has 3 aliphatic rings. The molecule has 5 nitrogen and oxygen atoms in total. The number of nitrogens with zero attached hydrogens (tertiary/aromatic N) is 3. The second-order valence-corrected chi connectivity index (χ2v) is 9.36. The molecule has 164 valence electrons. The number of urea groups is 1. The molecular formula is C23H32F2N4O. The van der Waals surface area contributed by atoms with Crippen LogP contribution in [0.25, 0.3) is 0 Å². The van der Waals surface area contributed by atoms with Crippen LogP contribution >= 0.6 is 0 Å². The summed E-state index contributed by atoms with van der Waals surface area (Å²) in [7, 11) is 0. The molecule has 0 aromatic heterocycles. The van der Waals surface area contributed by atoms with E-state index in [0.29, 0.717) is 24.6 Å². The minimum absolute atomic E-state index is 0.223. The van der Waals surface area contributed by atoms with Crippen molar-refractivity contribution in [2.24, 2.45) is 10.9 Å². The molecule has 4 rings (SSSR count). The number of piperidine rings is 1. The van der Waals surface area contributed by atoms with E-state index in [4.69, 9.17) is 4.99 Å². The largest absolute Gasteiger partial charge is 0.328 e. The van der Waals surface area contributed by atoms with Crippen LogP contribution in [-0.2, 0) is 0 Å². The van der Waals surface area contributed by atoms with Crippen molar-refractivity contribution in [1.29, 1.82) is 0 Å². The molecule has 1 aliphatic carbocycles. The highest BCUT2D eigenvalue weighted by Crippen LogP contribution is 2.39. The third-order valence-corrected chi connectivity index (χ3v) is 6.75. The topological polar surface area (TPSA) is 47.9 Å². The zero-order valence-electron chi connectivity index (χ0n) is 18.0. The van der Waals surface area contributed by atoms with Crippen LogP contribution in [0.4, 0.5) is 19.3 Å². The van der Waals surface area contributed by atoms with E-state index in [-0.39, 0.29) is 17.8 Å². The number of halogens is 2. The Bertz CT molecular complexity index is 791. The van der Waals surface area contributed by atoms with Crippen molar-refractivity contribution >= 4 is 17.6 Å². The number of carbonyl (C=O) groups is 1. The molecule has 2 aliphatic heterocycles. The Hall–Kier alpha value is -2.02. The highest BCUT2D eigenvalue weighted by molar-refractivity contribution is 6.19. The monoisotopic (exact) mass is 418 g/mol. The Morgan fingerprint density at radius 3 is 2.37 bits per heavy atom. The van der Waals surface area contributed by atoms with Crippen LogP contribution in [0, 0.1) is 17.6 Å². The number of hydrogen-bond donors (Lipinski definition) is 1. The van der Waals surface area contributed by atoms with Crippen molar-refractivity contribution in [1.82, 2.24) is 10.2 Å². The van der Waals surface area contributed by atoms with E-state index in [1.165, 1.54) is 12.1 Å². The fourth-order valence-corrected chi connectivity index (χ4v) is 5.02. The van der Waals surface area contributed by atoms with Gasteiger partial charge < -0.3 is 4.90 Å². The van der Waals surface area contributed by atoms with Gasteiger partial charge in [-0.05, 0) is 56.7 Å². The molecule has 0 radical (unpaired) electrons. The molecule has 0 atom stereocenters. The van der Waals surface area contributed by atoms with Crippen LogP contribution in [0.1, 0.15) is 58.8 Å². The van der Waals surface area contributed by atoms with Gasteiger partial charge in [0.05, 0.1) is 11.7 Å². The second-order valence-electron chi connectivity index (χ2n) is 9.36. The van der Waals surface area contributed by atoms with Crippen molar-refractivity contribution in [3.8, 4) is 0 Å². The maximum Gasteiger partial charge on any atom is 0.328 e. The Labute approximate surface area is 177 Å². The van der Waals surface area contributed by atoms with Gasteiger partial charge in [0.25, 0.3) is 0 Å². The number of amides is 2. The zero-order chi connectivity index (χ0) is 21.3. The van der Waals surface area contributed by atoms with Crippen molar-refractivity contribution in [2.45, 2.75) is 70.4 Å². The summed E-state index contributed by atoms with van der Waals surface area (Å²) in [4.78, 5) is 22.0. The fraction of sp³-hybridized carbons (Fsp3) is 0.652. The summed E-state index contributed by atoms with van der Waals surface area (Å²) in [5, 5.41) is 2.97. The average molecular weight is 419 g/mol. The summed E-state index contributed by atoms with van der Waals surface area (Å²) in [5.41, 5.74) is -0.397. The molecule has 30 heavy (non-hydrogen) atoms. The van der Waals surface area contributed by atoms with Crippen LogP contribution in [0.15, 0.2) is 23.2 Å². The predicted molar refractivity (Wildman–Crippen MR) is 115 cm³/mol. The third kappa shape index (κ3) is 4.22. The molecule has 1 N–H and O–H groups in total. The Morgan fingerprint density at radius 2 is 1.77 bits per heavy atom. The summed E-state index contributed by atoms with van der Waals surface area (Å²) in [6.45, 7) is 7.13. The predicted octanol–water partition coefficient (Wildman–Crippen LogP) is 4.72. The molecule has 1 aromatic carbocycles. The molecule has 1 saturated carbocycles. The summed E-state index contributed by atoms with van der Waals surface area (Å²) >= 11 is 0. The van der Waals surface area contributed by atoms with Crippen LogP contribution in [0.3, 0.4) is 0 Å². The first-order valence-corrected chi connectivity index (χ1v) is 11.3. The minimum Gasteiger partial charge on any atom is -0.303 e. The van der Waals surface area contributed by atoms with Gasteiger partial charge in [-0.15, -0.1) is 0 Å². The number of rotatable bonds is 5. The smallest absolute Gasteiger partial charge is 0.303 e. The number of nitrogens with one attached hydrogen (secondary N) is 1. The number of amidine groups is 1. The first kappa shape index (κ1) is 21.2. The van der Waals surface area contributed by atoms with Gasteiger partial charge in [-0.1, -0.05) is 26.7 Å². The van der Waals surface area contributed by atoms with E-state index in [0.717, 1.165) is 57.8 Å². The highest BCUT2D eigenvalue weighted by atomic mass is 19.1. The Morgan fingerprint density at radius 1 is 1.13 bits per heavy atom. The number of aliphatic imine (C=N–C) groups is 1. The normalized spacial score (nSPS) is 23.8. The van der Waals surface area contributed by atoms with Gasteiger partial charge in [0.1, 0.15) is 23.0 Å². The maximum atomic E-state index is 14.0. The molecular weight excluding hydrogens is 386 g/mol.